The van der Waals surface area contributed by atoms with Crippen LogP contribution < -0.4 is 15.0 Å². The zero-order valence-corrected chi connectivity index (χ0v) is 15.5. The van der Waals surface area contributed by atoms with E-state index < -0.39 is 0 Å². The van der Waals surface area contributed by atoms with Crippen LogP contribution in [0.2, 0.25) is 0 Å². The van der Waals surface area contributed by atoms with Crippen molar-refractivity contribution in [1.29, 1.82) is 0 Å². The van der Waals surface area contributed by atoms with Crippen molar-refractivity contribution >= 4 is 24.0 Å². The van der Waals surface area contributed by atoms with Gasteiger partial charge in [-0.25, -0.2) is 0 Å². The van der Waals surface area contributed by atoms with E-state index in [4.69, 9.17) is 4.74 Å². The normalized spacial score (nSPS) is 20.7. The molecule has 0 radical (unpaired) electrons. The molecule has 1 unspecified atom stereocenters. The van der Waals surface area contributed by atoms with Crippen molar-refractivity contribution in [3.8, 4) is 11.5 Å². The summed E-state index contributed by atoms with van der Waals surface area (Å²) < 4.78 is 5.82. The van der Waals surface area contributed by atoms with Crippen LogP contribution >= 0.6 is 12.4 Å². The summed E-state index contributed by atoms with van der Waals surface area (Å²) in [5.74, 6) is 1.80. The molecule has 138 valence electrons. The van der Waals surface area contributed by atoms with Crippen molar-refractivity contribution in [3.63, 3.8) is 0 Å². The van der Waals surface area contributed by atoms with Crippen molar-refractivity contribution in [1.82, 2.24) is 10.2 Å². The Labute approximate surface area is 160 Å². The zero-order valence-electron chi connectivity index (χ0n) is 14.6. The van der Waals surface area contributed by atoms with Gasteiger partial charge in [-0.3, -0.25) is 9.69 Å². The Bertz CT molecular complexity index is 718. The van der Waals surface area contributed by atoms with Gasteiger partial charge in [0.1, 0.15) is 11.5 Å². The van der Waals surface area contributed by atoms with Crippen molar-refractivity contribution in [3.05, 3.63) is 54.6 Å². The minimum atomic E-state index is 0. The van der Waals surface area contributed by atoms with Crippen LogP contribution in [0.4, 0.5) is 5.69 Å². The van der Waals surface area contributed by atoms with Crippen LogP contribution in [-0.4, -0.2) is 49.6 Å². The molecular formula is C20H24ClN3O2. The highest BCUT2D eigenvalue weighted by Crippen LogP contribution is 2.28. The maximum Gasteiger partial charge on any atom is 0.228 e. The second-order valence-electron chi connectivity index (χ2n) is 6.56. The third-order valence-corrected chi connectivity index (χ3v) is 4.90. The lowest BCUT2D eigenvalue weighted by molar-refractivity contribution is -0.117. The Morgan fingerprint density at radius 2 is 1.58 bits per heavy atom. The standard InChI is InChI=1S/C20H23N3O2.ClH/c24-20-14-17(22-12-10-21-11-13-22)15-23(20)16-6-8-19(9-7-16)25-18-4-2-1-3-5-18;/h1-9,17,21H,10-15H2;1H. The van der Waals surface area contributed by atoms with Gasteiger partial charge in [0.05, 0.1) is 0 Å². The Morgan fingerprint density at radius 3 is 2.27 bits per heavy atom. The van der Waals surface area contributed by atoms with Crippen molar-refractivity contribution < 1.29 is 9.53 Å². The van der Waals surface area contributed by atoms with Crippen LogP contribution in [0.25, 0.3) is 0 Å². The quantitative estimate of drug-likeness (QED) is 0.895. The summed E-state index contributed by atoms with van der Waals surface area (Å²) in [7, 11) is 0. The van der Waals surface area contributed by atoms with Gasteiger partial charge in [-0.05, 0) is 36.4 Å². The number of hydrogen-bond acceptors (Lipinski definition) is 4. The highest BCUT2D eigenvalue weighted by molar-refractivity contribution is 5.96. The van der Waals surface area contributed by atoms with E-state index in [1.807, 2.05) is 59.5 Å². The third kappa shape index (κ3) is 4.18. The van der Waals surface area contributed by atoms with Crippen LogP contribution in [0.3, 0.4) is 0 Å². The lowest BCUT2D eigenvalue weighted by atomic mass is 10.2. The molecule has 0 bridgehead atoms. The monoisotopic (exact) mass is 373 g/mol. The van der Waals surface area contributed by atoms with E-state index in [-0.39, 0.29) is 18.3 Å². The molecule has 0 aromatic heterocycles. The van der Waals surface area contributed by atoms with Gasteiger partial charge in [-0.15, -0.1) is 12.4 Å². The summed E-state index contributed by atoms with van der Waals surface area (Å²) in [4.78, 5) is 16.8. The Hall–Kier alpha value is -2.08. The molecule has 0 aliphatic carbocycles. The number of anilines is 1. The first-order valence-corrected chi connectivity index (χ1v) is 8.88. The van der Waals surface area contributed by atoms with Crippen LogP contribution in [0, 0.1) is 0 Å². The second-order valence-corrected chi connectivity index (χ2v) is 6.56. The number of nitrogens with zero attached hydrogens (tertiary/aromatic N) is 2. The van der Waals surface area contributed by atoms with Gasteiger partial charge in [0.25, 0.3) is 0 Å². The third-order valence-electron chi connectivity index (χ3n) is 4.90. The fourth-order valence-electron chi connectivity index (χ4n) is 3.55. The van der Waals surface area contributed by atoms with E-state index in [1.165, 1.54) is 0 Å². The minimum Gasteiger partial charge on any atom is -0.457 e. The summed E-state index contributed by atoms with van der Waals surface area (Å²) in [6.07, 6.45) is 0.613. The van der Waals surface area contributed by atoms with Gasteiger partial charge in [0.15, 0.2) is 0 Å². The number of hydrogen-bond donors (Lipinski definition) is 1. The topological polar surface area (TPSA) is 44.8 Å². The predicted octanol–water partition coefficient (Wildman–Crippen LogP) is 2.91. The van der Waals surface area contributed by atoms with Crippen LogP contribution in [-0.2, 0) is 4.79 Å². The molecule has 0 spiro atoms. The fourth-order valence-corrected chi connectivity index (χ4v) is 3.55. The van der Waals surface area contributed by atoms with E-state index in [0.717, 1.165) is 49.9 Å². The number of piperazine rings is 1. The molecular weight excluding hydrogens is 350 g/mol. The summed E-state index contributed by atoms with van der Waals surface area (Å²) in [6, 6.07) is 17.8. The number of carbonyl (C=O) groups is 1. The van der Waals surface area contributed by atoms with Gasteiger partial charge in [0, 0.05) is 50.9 Å². The Kier molecular flexibility index (Phi) is 6.14. The average molecular weight is 374 g/mol. The van der Waals surface area contributed by atoms with E-state index in [2.05, 4.69) is 10.2 Å². The molecule has 1 atom stereocenters. The van der Waals surface area contributed by atoms with Gasteiger partial charge >= 0.3 is 0 Å². The smallest absolute Gasteiger partial charge is 0.228 e. The minimum absolute atomic E-state index is 0. The summed E-state index contributed by atoms with van der Waals surface area (Å²) in [5.41, 5.74) is 0.947. The van der Waals surface area contributed by atoms with Crippen molar-refractivity contribution in [2.45, 2.75) is 12.5 Å². The first-order chi connectivity index (χ1) is 12.3. The SMILES string of the molecule is Cl.O=C1CC(N2CCNCC2)CN1c1ccc(Oc2ccccc2)cc1. The molecule has 2 heterocycles. The number of para-hydroxylation sites is 1. The number of halogens is 1. The molecule has 2 aliphatic rings. The molecule has 2 aromatic rings. The predicted molar refractivity (Wildman–Crippen MR) is 105 cm³/mol. The van der Waals surface area contributed by atoms with Crippen molar-refractivity contribution in [2.75, 3.05) is 37.6 Å². The summed E-state index contributed by atoms with van der Waals surface area (Å²) in [6.45, 7) is 4.84. The summed E-state index contributed by atoms with van der Waals surface area (Å²) in [5, 5.41) is 3.36. The molecule has 2 aliphatic heterocycles. The van der Waals surface area contributed by atoms with Crippen LogP contribution in [0.1, 0.15) is 6.42 Å². The number of ether oxygens (including phenoxy) is 1. The second kappa shape index (κ2) is 8.54. The molecule has 0 saturated carbocycles. The summed E-state index contributed by atoms with van der Waals surface area (Å²) >= 11 is 0. The zero-order chi connectivity index (χ0) is 17.1. The molecule has 26 heavy (non-hydrogen) atoms. The largest absolute Gasteiger partial charge is 0.457 e. The van der Waals surface area contributed by atoms with E-state index in [9.17, 15) is 4.79 Å². The van der Waals surface area contributed by atoms with Crippen LogP contribution in [0.15, 0.2) is 54.6 Å². The van der Waals surface area contributed by atoms with Crippen LogP contribution in [0.5, 0.6) is 11.5 Å². The molecule has 2 saturated heterocycles. The average Bonchev–Trinajstić information content (AvgIpc) is 3.06. The highest BCUT2D eigenvalue weighted by Gasteiger charge is 2.34. The number of benzene rings is 2. The number of amides is 1. The first-order valence-electron chi connectivity index (χ1n) is 8.88. The first kappa shape index (κ1) is 18.7. The fraction of sp³-hybridized carbons (Fsp3) is 0.350. The van der Waals surface area contributed by atoms with Gasteiger partial charge in [-0.1, -0.05) is 18.2 Å². The Balaban J connectivity index is 0.00000196. The number of nitrogens with one attached hydrogen (secondary N) is 1. The molecule has 2 fully saturated rings. The maximum absolute atomic E-state index is 12.5. The van der Waals surface area contributed by atoms with Gasteiger partial charge < -0.3 is 15.0 Å². The number of carbonyl (C=O) groups excluding carboxylic acids is 1. The molecule has 6 heteroatoms. The van der Waals surface area contributed by atoms with E-state index in [1.54, 1.807) is 0 Å². The van der Waals surface area contributed by atoms with Gasteiger partial charge in [-0.2, -0.15) is 0 Å². The van der Waals surface area contributed by atoms with E-state index in [0.29, 0.717) is 12.5 Å². The lowest BCUT2D eigenvalue weighted by Crippen LogP contribution is -2.49. The molecule has 5 nitrogen and oxygen atoms in total. The Morgan fingerprint density at radius 1 is 0.923 bits per heavy atom. The lowest BCUT2D eigenvalue weighted by Gasteiger charge is -2.32. The van der Waals surface area contributed by atoms with Gasteiger partial charge in [0.2, 0.25) is 5.91 Å². The molecule has 4 rings (SSSR count). The highest BCUT2D eigenvalue weighted by atomic mass is 35.5. The molecule has 2 aromatic carbocycles. The maximum atomic E-state index is 12.5. The van der Waals surface area contributed by atoms with Crippen molar-refractivity contribution in [2.24, 2.45) is 0 Å². The molecule has 1 N–H and O–H groups in total. The van der Waals surface area contributed by atoms with E-state index >= 15 is 0 Å². The molecule has 1 amide bonds. The number of rotatable bonds is 4.